The fourth-order valence-corrected chi connectivity index (χ4v) is 4.21. The number of hydrogen-bond donors (Lipinski definition) is 1. The average Bonchev–Trinajstić information content (AvgIpc) is 3.04. The number of nitriles is 1. The predicted octanol–water partition coefficient (Wildman–Crippen LogP) is 3.81. The lowest BCUT2D eigenvalue weighted by molar-refractivity contribution is 0.225. The number of pyridine rings is 1. The normalized spacial score (nSPS) is 16.4. The molecular weight excluding hydrogens is 403 g/mol. The summed E-state index contributed by atoms with van der Waals surface area (Å²) in [7, 11) is 1.75. The summed E-state index contributed by atoms with van der Waals surface area (Å²) in [6.07, 6.45) is 3.16. The summed E-state index contributed by atoms with van der Waals surface area (Å²) in [6.45, 7) is 2.91. The smallest absolute Gasteiger partial charge is 0.166 e. The molecule has 0 saturated heterocycles. The molecule has 0 aliphatic carbocycles. The van der Waals surface area contributed by atoms with Crippen LogP contribution in [0.15, 0.2) is 30.5 Å². The van der Waals surface area contributed by atoms with Gasteiger partial charge in [-0.25, -0.2) is 13.7 Å². The van der Waals surface area contributed by atoms with Crippen molar-refractivity contribution in [3.8, 4) is 22.9 Å². The molecular formula is C21H21FN6OS. The van der Waals surface area contributed by atoms with Gasteiger partial charge in [-0.1, -0.05) is 18.0 Å². The topological polar surface area (TPSA) is 93.0 Å². The second kappa shape index (κ2) is 7.97. The van der Waals surface area contributed by atoms with Crippen molar-refractivity contribution in [1.82, 2.24) is 19.1 Å². The van der Waals surface area contributed by atoms with Crippen LogP contribution in [0.2, 0.25) is 0 Å². The summed E-state index contributed by atoms with van der Waals surface area (Å²) in [4.78, 5) is 4.27. The van der Waals surface area contributed by atoms with Crippen LogP contribution in [-0.4, -0.2) is 25.3 Å². The van der Waals surface area contributed by atoms with Gasteiger partial charge in [-0.2, -0.15) is 10.4 Å². The zero-order chi connectivity index (χ0) is 21.4. The van der Waals surface area contributed by atoms with Gasteiger partial charge >= 0.3 is 0 Å². The maximum atomic E-state index is 14.0. The second-order valence-corrected chi connectivity index (χ2v) is 7.98. The Hall–Kier alpha value is -3.09. The molecule has 1 aliphatic rings. The summed E-state index contributed by atoms with van der Waals surface area (Å²) in [5, 5.41) is 14.3. The van der Waals surface area contributed by atoms with Crippen LogP contribution in [0.1, 0.15) is 35.5 Å². The maximum Gasteiger partial charge on any atom is 0.166 e. The van der Waals surface area contributed by atoms with Crippen molar-refractivity contribution in [2.75, 3.05) is 12.0 Å². The summed E-state index contributed by atoms with van der Waals surface area (Å²) in [5.74, 6) is 0.295. The number of benzene rings is 1. The molecule has 0 saturated carbocycles. The molecule has 3 heterocycles. The molecule has 1 atom stereocenters. The lowest BCUT2D eigenvalue weighted by Gasteiger charge is -2.24. The van der Waals surface area contributed by atoms with Gasteiger partial charge in [0, 0.05) is 30.9 Å². The monoisotopic (exact) mass is 424 g/mol. The summed E-state index contributed by atoms with van der Waals surface area (Å²) in [5.41, 5.74) is 10.4. The quantitative estimate of drug-likeness (QED) is 0.594. The number of halogens is 1. The molecule has 1 aromatic carbocycles. The third-order valence-corrected chi connectivity index (χ3v) is 5.95. The van der Waals surface area contributed by atoms with E-state index in [1.165, 1.54) is 12.1 Å². The molecule has 0 fully saturated rings. The minimum absolute atomic E-state index is 0.232. The van der Waals surface area contributed by atoms with Crippen molar-refractivity contribution in [3.63, 3.8) is 0 Å². The molecule has 0 spiro atoms. The number of anilines is 1. The van der Waals surface area contributed by atoms with E-state index in [1.54, 1.807) is 42.0 Å². The Labute approximate surface area is 178 Å². The molecule has 2 N–H and O–H groups in total. The number of nitrogen functional groups attached to an aromatic ring is 1. The number of nitrogens with two attached hydrogens (primary N) is 1. The van der Waals surface area contributed by atoms with Crippen LogP contribution < -0.4 is 10.5 Å². The Morgan fingerprint density at radius 1 is 1.33 bits per heavy atom. The van der Waals surface area contributed by atoms with Crippen LogP contribution >= 0.6 is 11.9 Å². The molecule has 1 unspecified atom stereocenters. The van der Waals surface area contributed by atoms with Crippen LogP contribution in [0.5, 0.6) is 5.75 Å². The molecule has 30 heavy (non-hydrogen) atoms. The lowest BCUT2D eigenvalue weighted by Crippen LogP contribution is -2.18. The summed E-state index contributed by atoms with van der Waals surface area (Å²) in [6, 6.07) is 8.73. The highest BCUT2D eigenvalue weighted by Gasteiger charge is 2.24. The highest BCUT2D eigenvalue weighted by Crippen LogP contribution is 2.36. The fourth-order valence-electron chi connectivity index (χ4n) is 3.69. The van der Waals surface area contributed by atoms with Gasteiger partial charge < -0.3 is 10.5 Å². The third-order valence-electron chi connectivity index (χ3n) is 5.18. The highest BCUT2D eigenvalue weighted by atomic mass is 32.2. The van der Waals surface area contributed by atoms with Gasteiger partial charge in [0.2, 0.25) is 0 Å². The van der Waals surface area contributed by atoms with Crippen molar-refractivity contribution < 1.29 is 9.13 Å². The molecule has 9 heteroatoms. The Kier molecular flexibility index (Phi) is 5.37. The zero-order valence-electron chi connectivity index (χ0n) is 16.9. The van der Waals surface area contributed by atoms with E-state index >= 15 is 0 Å². The minimum atomic E-state index is -0.443. The van der Waals surface area contributed by atoms with E-state index in [-0.39, 0.29) is 11.6 Å². The van der Waals surface area contributed by atoms with E-state index in [0.717, 1.165) is 16.8 Å². The number of aryl methyl sites for hydroxylation is 1. The van der Waals surface area contributed by atoms with Gasteiger partial charge in [-0.05, 0) is 42.5 Å². The number of hydrogen-bond acceptors (Lipinski definition) is 7. The van der Waals surface area contributed by atoms with E-state index < -0.39 is 6.10 Å². The van der Waals surface area contributed by atoms with Crippen molar-refractivity contribution >= 4 is 17.8 Å². The minimum Gasteiger partial charge on any atom is -0.482 e. The van der Waals surface area contributed by atoms with Gasteiger partial charge in [0.1, 0.15) is 23.7 Å². The highest BCUT2D eigenvalue weighted by molar-refractivity contribution is 7.96. The number of nitrogens with zero attached hydrogens (tertiary/aromatic N) is 5. The first-order valence-corrected chi connectivity index (χ1v) is 10.5. The van der Waals surface area contributed by atoms with E-state index in [1.807, 2.05) is 13.2 Å². The van der Waals surface area contributed by atoms with Gasteiger partial charge in [-0.15, -0.1) is 0 Å². The lowest BCUT2D eigenvalue weighted by atomic mass is 10.0. The molecule has 0 radical (unpaired) electrons. The first kappa shape index (κ1) is 20.2. The van der Waals surface area contributed by atoms with Crippen molar-refractivity contribution in [2.45, 2.75) is 26.1 Å². The molecule has 0 amide bonds. The number of fused-ring (bicyclic) bond motifs is 5. The first-order valence-electron chi connectivity index (χ1n) is 9.37. The zero-order valence-corrected chi connectivity index (χ0v) is 17.7. The van der Waals surface area contributed by atoms with Gasteiger partial charge in [-0.3, -0.25) is 4.68 Å². The molecule has 4 rings (SSSR count). The molecule has 2 bridgehead atoms. The van der Waals surface area contributed by atoms with E-state index in [0.29, 0.717) is 35.7 Å². The van der Waals surface area contributed by atoms with Crippen molar-refractivity contribution in [1.29, 1.82) is 5.26 Å². The van der Waals surface area contributed by atoms with Gasteiger partial charge in [0.15, 0.2) is 11.6 Å². The van der Waals surface area contributed by atoms with Crippen LogP contribution in [0.3, 0.4) is 0 Å². The Morgan fingerprint density at radius 3 is 2.87 bits per heavy atom. The van der Waals surface area contributed by atoms with Crippen LogP contribution in [-0.2, 0) is 20.1 Å². The fraction of sp³-hybridized carbons (Fsp3) is 0.286. The summed E-state index contributed by atoms with van der Waals surface area (Å²) >= 11 is 1.56. The third kappa shape index (κ3) is 3.60. The predicted molar refractivity (Wildman–Crippen MR) is 114 cm³/mol. The maximum absolute atomic E-state index is 14.0. The van der Waals surface area contributed by atoms with Crippen LogP contribution in [0, 0.1) is 17.1 Å². The van der Waals surface area contributed by atoms with Crippen molar-refractivity contribution in [3.05, 3.63) is 58.8 Å². The Bertz CT molecular complexity index is 1160. The Morgan fingerprint density at radius 2 is 2.13 bits per heavy atom. The molecule has 154 valence electrons. The van der Waals surface area contributed by atoms with Gasteiger partial charge in [0.25, 0.3) is 0 Å². The van der Waals surface area contributed by atoms with Gasteiger partial charge in [0.05, 0.1) is 12.2 Å². The molecule has 1 aliphatic heterocycles. The second-order valence-electron chi connectivity index (χ2n) is 7.10. The molecule has 7 nitrogen and oxygen atoms in total. The number of ether oxygens (including phenoxy) is 1. The Balaban J connectivity index is 1.94. The molecule has 2 aromatic heterocycles. The number of aromatic nitrogens is 3. The largest absolute Gasteiger partial charge is 0.482 e. The van der Waals surface area contributed by atoms with E-state index in [2.05, 4.69) is 20.5 Å². The standard InChI is InChI=1S/C21H21FN6OS/c1-12-16-7-15(22)5-4-13(16)10-28(30-3)11-17-20(18(8-23)27(2)26-17)14-6-19(29-12)21(24)25-9-14/h4-7,9,12H,10-11H2,1-3H3,(H2,24,25). The van der Waals surface area contributed by atoms with E-state index in [4.69, 9.17) is 10.5 Å². The van der Waals surface area contributed by atoms with Crippen LogP contribution in [0.4, 0.5) is 10.2 Å². The number of rotatable bonds is 1. The average molecular weight is 425 g/mol. The summed E-state index contributed by atoms with van der Waals surface area (Å²) < 4.78 is 23.8. The van der Waals surface area contributed by atoms with Crippen LogP contribution in [0.25, 0.3) is 11.1 Å². The molecule has 3 aromatic rings. The first-order chi connectivity index (χ1) is 14.4. The SMILES string of the molecule is CSN1Cc2ccc(F)cc2C(C)Oc2cc(cnc2N)-c2c(nn(C)c2C#N)C1. The van der Waals surface area contributed by atoms with E-state index in [9.17, 15) is 9.65 Å². The van der Waals surface area contributed by atoms with Crippen molar-refractivity contribution in [2.24, 2.45) is 7.05 Å².